The van der Waals surface area contributed by atoms with Gasteiger partial charge in [-0.25, -0.2) is 45.8 Å². The SMILES string of the molecule is CCS(=O)(=O)c1nc2ccccn2c1S(=O)(=O)NC(=O)Nc1nc(OC)cc(OC)n1.COc1cc(OC)nc(NC(=O)NS(=O)(=O)c2c(S(C)(=O)=O)nc3ccccn23)n1. The van der Waals surface area contributed by atoms with Crippen molar-refractivity contribution in [1.29, 1.82) is 0 Å². The molecule has 6 aromatic rings. The van der Waals surface area contributed by atoms with Crippen LogP contribution in [-0.2, 0) is 39.7 Å². The van der Waals surface area contributed by atoms with Crippen molar-refractivity contribution < 1.29 is 62.2 Å². The third-order valence-corrected chi connectivity index (χ3v) is 13.1. The van der Waals surface area contributed by atoms with Crippen molar-refractivity contribution >= 4 is 75.0 Å². The number of aromatic nitrogens is 8. The molecule has 0 unspecified atom stereocenters. The summed E-state index contributed by atoms with van der Waals surface area (Å²) < 4.78 is 126. The van der Waals surface area contributed by atoms with Crippen LogP contribution in [0.5, 0.6) is 23.5 Å². The van der Waals surface area contributed by atoms with E-state index >= 15 is 0 Å². The molecule has 0 fully saturated rings. The third-order valence-electron chi connectivity index (χ3n) is 7.55. The Kier molecular flexibility index (Phi) is 13.1. The van der Waals surface area contributed by atoms with Gasteiger partial charge in [0.1, 0.15) is 11.3 Å². The van der Waals surface area contributed by atoms with Crippen LogP contribution in [0.3, 0.4) is 0 Å². The molecule has 61 heavy (non-hydrogen) atoms. The molecular weight excluding hydrogens is 893 g/mol. The van der Waals surface area contributed by atoms with Gasteiger partial charge in [-0.1, -0.05) is 19.1 Å². The lowest BCUT2D eigenvalue weighted by molar-refractivity contribution is 0.255. The van der Waals surface area contributed by atoms with Crippen LogP contribution in [0.1, 0.15) is 6.92 Å². The zero-order chi connectivity index (χ0) is 44.9. The number of carbonyl (C=O) groups excluding carboxylic acids is 2. The molecule has 6 heterocycles. The molecule has 4 amide bonds. The second-order valence-electron chi connectivity index (χ2n) is 11.6. The smallest absolute Gasteiger partial charge is 0.335 e. The topological polar surface area (TPSA) is 342 Å². The summed E-state index contributed by atoms with van der Waals surface area (Å²) in [5.74, 6) is -0.763. The van der Waals surface area contributed by atoms with E-state index in [0.717, 1.165) is 15.1 Å². The number of sulfonamides is 2. The van der Waals surface area contributed by atoms with Crippen LogP contribution in [0.25, 0.3) is 11.3 Å². The lowest BCUT2D eigenvalue weighted by Crippen LogP contribution is -2.36. The van der Waals surface area contributed by atoms with Gasteiger partial charge in [0.15, 0.2) is 39.8 Å². The van der Waals surface area contributed by atoms with Crippen LogP contribution in [0.4, 0.5) is 21.5 Å². The number of fused-ring (bicyclic) bond motifs is 2. The highest BCUT2D eigenvalue weighted by atomic mass is 32.2. The summed E-state index contributed by atoms with van der Waals surface area (Å²) in [7, 11) is -12.1. The Balaban J connectivity index is 0.000000231. The van der Waals surface area contributed by atoms with E-state index in [1.165, 1.54) is 84.2 Å². The summed E-state index contributed by atoms with van der Waals surface area (Å²) in [6.07, 6.45) is 3.43. The number of carbonyl (C=O) groups is 2. The van der Waals surface area contributed by atoms with Gasteiger partial charge in [-0.3, -0.25) is 19.4 Å². The fourth-order valence-corrected chi connectivity index (χ4v) is 10.1. The van der Waals surface area contributed by atoms with Crippen molar-refractivity contribution in [3.05, 3.63) is 60.9 Å². The number of amides is 4. The van der Waals surface area contributed by atoms with Gasteiger partial charge in [0, 0.05) is 18.6 Å². The maximum Gasteiger partial charge on any atom is 0.335 e. The van der Waals surface area contributed by atoms with Gasteiger partial charge in [0.05, 0.1) is 46.3 Å². The summed E-state index contributed by atoms with van der Waals surface area (Å²) in [6, 6.07) is 9.16. The Hall–Kier alpha value is -6.92. The van der Waals surface area contributed by atoms with Gasteiger partial charge < -0.3 is 18.9 Å². The predicted molar refractivity (Wildman–Crippen MR) is 210 cm³/mol. The number of urea groups is 2. The monoisotopic (exact) mass is 926 g/mol. The predicted octanol–water partition coefficient (Wildman–Crippen LogP) is 0.501. The van der Waals surface area contributed by atoms with Crippen LogP contribution in [-0.4, -0.2) is 125 Å². The largest absolute Gasteiger partial charge is 0.481 e. The maximum absolute atomic E-state index is 13.0. The number of pyridine rings is 2. The highest BCUT2D eigenvalue weighted by Crippen LogP contribution is 2.25. The Morgan fingerprint density at radius 1 is 0.574 bits per heavy atom. The summed E-state index contributed by atoms with van der Waals surface area (Å²) in [5, 5.41) is 1.50. The van der Waals surface area contributed by atoms with Crippen LogP contribution < -0.4 is 39.0 Å². The minimum absolute atomic E-state index is 0.0566. The number of hydrogen-bond acceptors (Lipinski definition) is 20. The molecule has 4 N–H and O–H groups in total. The standard InChI is InChI=1S/C16H18N6O7S2.C15H16N6O7S2/c1-4-30(24,25)13-14(22-8-6-5-7-10(22)17-13)31(26,27)21-16(23)20-15-18-11(28-2)9-12(19-15)29-3;1-27-10-8-11(28-2)18-14(17-10)19-15(22)20-30(25,26)13-12(29(3,23)24)16-9-6-4-5-7-21(9)13/h5-9H,4H2,1-3H3,(H2,18,19,20,21,23);4-8H,1-3H3,(H2,17,18,19,20,22). The van der Waals surface area contributed by atoms with Crippen LogP contribution in [0.2, 0.25) is 0 Å². The molecule has 0 saturated heterocycles. The first-order chi connectivity index (χ1) is 28.7. The molecule has 26 nitrogen and oxygen atoms in total. The minimum atomic E-state index is -4.68. The van der Waals surface area contributed by atoms with Crippen molar-refractivity contribution in [2.45, 2.75) is 27.0 Å². The molecule has 0 aliphatic carbocycles. The summed E-state index contributed by atoms with van der Waals surface area (Å²) in [6.45, 7) is 1.35. The van der Waals surface area contributed by atoms with Gasteiger partial charge in [-0.05, 0) is 24.3 Å². The zero-order valence-electron chi connectivity index (χ0n) is 32.4. The molecule has 0 aliphatic rings. The Morgan fingerprint density at radius 3 is 1.28 bits per heavy atom. The number of hydrogen-bond donors (Lipinski definition) is 4. The average Bonchev–Trinajstić information content (AvgIpc) is 3.82. The highest BCUT2D eigenvalue weighted by Gasteiger charge is 2.34. The number of methoxy groups -OCH3 is 4. The fourth-order valence-electron chi connectivity index (χ4n) is 4.91. The van der Waals surface area contributed by atoms with Crippen LogP contribution in [0.15, 0.2) is 81.0 Å². The maximum atomic E-state index is 13.0. The van der Waals surface area contributed by atoms with Gasteiger partial charge in [-0.2, -0.15) is 36.8 Å². The molecule has 0 aromatic carbocycles. The summed E-state index contributed by atoms with van der Waals surface area (Å²) in [5.41, 5.74) is 0.149. The number of rotatable bonds is 13. The van der Waals surface area contributed by atoms with E-state index in [1.807, 2.05) is 0 Å². The number of imidazole rings is 2. The molecule has 0 radical (unpaired) electrons. The first-order valence-corrected chi connectivity index (χ1v) is 23.2. The van der Waals surface area contributed by atoms with Crippen molar-refractivity contribution in [2.75, 3.05) is 51.1 Å². The highest BCUT2D eigenvalue weighted by molar-refractivity contribution is 7.94. The van der Waals surface area contributed by atoms with E-state index in [9.17, 15) is 43.3 Å². The summed E-state index contributed by atoms with van der Waals surface area (Å²) >= 11 is 0. The van der Waals surface area contributed by atoms with Crippen molar-refractivity contribution in [3.63, 3.8) is 0 Å². The number of nitrogens with one attached hydrogen (secondary N) is 4. The molecule has 30 heteroatoms. The fraction of sp³-hybridized carbons (Fsp3) is 0.226. The molecule has 0 saturated carbocycles. The van der Waals surface area contributed by atoms with Crippen LogP contribution in [0, 0.1) is 0 Å². The van der Waals surface area contributed by atoms with E-state index in [2.05, 4.69) is 40.5 Å². The number of ether oxygens (including phenoxy) is 4. The van der Waals surface area contributed by atoms with E-state index in [1.54, 1.807) is 21.6 Å². The second-order valence-corrected chi connectivity index (χ2v) is 19.0. The quantitative estimate of drug-likeness (QED) is 0.122. The normalized spacial score (nSPS) is 11.8. The minimum Gasteiger partial charge on any atom is -0.481 e. The zero-order valence-corrected chi connectivity index (χ0v) is 35.7. The molecule has 0 aliphatic heterocycles. The summed E-state index contributed by atoms with van der Waals surface area (Å²) in [4.78, 5) is 47.8. The van der Waals surface area contributed by atoms with E-state index in [0.29, 0.717) is 0 Å². The van der Waals surface area contributed by atoms with Gasteiger partial charge >= 0.3 is 12.1 Å². The Bertz CT molecular complexity index is 3060. The van der Waals surface area contributed by atoms with Crippen molar-refractivity contribution in [2.24, 2.45) is 0 Å². The van der Waals surface area contributed by atoms with E-state index < -0.39 is 71.9 Å². The molecule has 6 rings (SSSR count). The molecule has 0 spiro atoms. The molecule has 0 atom stereocenters. The first-order valence-electron chi connectivity index (χ1n) is 16.6. The van der Waals surface area contributed by atoms with Crippen molar-refractivity contribution in [3.8, 4) is 23.5 Å². The lowest BCUT2D eigenvalue weighted by Gasteiger charge is -2.10. The molecule has 326 valence electrons. The van der Waals surface area contributed by atoms with Gasteiger partial charge in [-0.15, -0.1) is 0 Å². The second kappa shape index (κ2) is 17.7. The average molecular weight is 927 g/mol. The van der Waals surface area contributed by atoms with E-state index in [4.69, 9.17) is 18.9 Å². The third kappa shape index (κ3) is 10.3. The first kappa shape index (κ1) is 45.2. The van der Waals surface area contributed by atoms with Crippen molar-refractivity contribution in [1.82, 2.24) is 48.1 Å². The Labute approximate surface area is 346 Å². The molecule has 6 aromatic heterocycles. The number of sulfone groups is 2. The van der Waals surface area contributed by atoms with Crippen LogP contribution >= 0.6 is 0 Å². The van der Waals surface area contributed by atoms with E-state index in [-0.39, 0.29) is 52.5 Å². The number of nitrogens with zero attached hydrogens (tertiary/aromatic N) is 8. The number of anilines is 2. The molecule has 0 bridgehead atoms. The lowest BCUT2D eigenvalue weighted by atomic mass is 10.5. The Morgan fingerprint density at radius 2 is 0.934 bits per heavy atom. The van der Waals surface area contributed by atoms with Gasteiger partial charge in [0.25, 0.3) is 20.0 Å². The van der Waals surface area contributed by atoms with Gasteiger partial charge in [0.2, 0.25) is 35.4 Å². The molecular formula is C31H34N12O14S4.